The fraction of sp³-hybridized carbons (Fsp3) is 0.706. The molecule has 0 amide bonds. The van der Waals surface area contributed by atoms with Gasteiger partial charge in [-0.2, -0.15) is 0 Å². The third-order valence-corrected chi connectivity index (χ3v) is 5.81. The Balaban J connectivity index is 1.64. The highest BCUT2D eigenvalue weighted by molar-refractivity contribution is 5.78. The van der Waals surface area contributed by atoms with Crippen LogP contribution in [0.1, 0.15) is 32.1 Å². The molecule has 0 bridgehead atoms. The van der Waals surface area contributed by atoms with Crippen molar-refractivity contribution in [2.45, 2.75) is 38.1 Å². The number of rotatable bonds is 3. The van der Waals surface area contributed by atoms with Crippen molar-refractivity contribution in [2.75, 3.05) is 42.5 Å². The van der Waals surface area contributed by atoms with E-state index < -0.39 is 11.4 Å². The van der Waals surface area contributed by atoms with E-state index >= 15 is 0 Å². The minimum atomic E-state index is -0.712. The van der Waals surface area contributed by atoms with Crippen molar-refractivity contribution in [3.8, 4) is 0 Å². The van der Waals surface area contributed by atoms with E-state index in [9.17, 15) is 9.90 Å². The third kappa shape index (κ3) is 2.51. The zero-order valence-electron chi connectivity index (χ0n) is 13.9. The van der Waals surface area contributed by atoms with Crippen LogP contribution < -0.4 is 15.1 Å². The van der Waals surface area contributed by atoms with Gasteiger partial charge in [-0.25, -0.2) is 9.97 Å². The first-order chi connectivity index (χ1) is 11.7. The molecule has 7 heteroatoms. The summed E-state index contributed by atoms with van der Waals surface area (Å²) in [6.45, 7) is 4.28. The molecule has 0 aromatic carbocycles. The highest BCUT2D eigenvalue weighted by atomic mass is 16.4. The number of hydrogen-bond donors (Lipinski definition) is 2. The van der Waals surface area contributed by atoms with Crippen LogP contribution in [-0.4, -0.2) is 59.8 Å². The Kier molecular flexibility index (Phi) is 4.04. The number of nitrogens with zero attached hydrogens (tertiary/aromatic N) is 4. The maximum Gasteiger partial charge on any atom is 0.313 e. The quantitative estimate of drug-likeness (QED) is 0.858. The third-order valence-electron chi connectivity index (χ3n) is 5.81. The van der Waals surface area contributed by atoms with Crippen LogP contribution in [0.4, 0.5) is 11.6 Å². The Morgan fingerprint density at radius 1 is 1.12 bits per heavy atom. The van der Waals surface area contributed by atoms with Gasteiger partial charge in [-0.05, 0) is 38.6 Å². The largest absolute Gasteiger partial charge is 0.481 e. The van der Waals surface area contributed by atoms with Gasteiger partial charge in [0.2, 0.25) is 0 Å². The lowest BCUT2D eigenvalue weighted by Gasteiger charge is -2.49. The molecule has 0 unspecified atom stereocenters. The highest BCUT2D eigenvalue weighted by Gasteiger charge is 2.51. The summed E-state index contributed by atoms with van der Waals surface area (Å²) in [5.41, 5.74) is -0.712. The van der Waals surface area contributed by atoms with E-state index in [-0.39, 0.29) is 6.04 Å². The van der Waals surface area contributed by atoms with E-state index in [4.69, 9.17) is 0 Å². The predicted octanol–water partition coefficient (Wildman–Crippen LogP) is 1.11. The Labute approximate surface area is 142 Å². The molecule has 130 valence electrons. The lowest BCUT2D eigenvalue weighted by Crippen LogP contribution is -2.63. The minimum absolute atomic E-state index is 0.0620. The van der Waals surface area contributed by atoms with Gasteiger partial charge < -0.3 is 20.2 Å². The zero-order chi connectivity index (χ0) is 16.6. The number of aromatic nitrogens is 2. The zero-order valence-corrected chi connectivity index (χ0v) is 13.9. The van der Waals surface area contributed by atoms with Crippen LogP contribution in [0, 0.1) is 5.41 Å². The Morgan fingerprint density at radius 2 is 1.83 bits per heavy atom. The van der Waals surface area contributed by atoms with Crippen molar-refractivity contribution >= 4 is 17.6 Å². The molecule has 4 heterocycles. The van der Waals surface area contributed by atoms with Crippen molar-refractivity contribution in [2.24, 2.45) is 5.41 Å². The molecule has 7 nitrogen and oxygen atoms in total. The molecule has 2 N–H and O–H groups in total. The second kappa shape index (κ2) is 6.20. The van der Waals surface area contributed by atoms with Crippen molar-refractivity contribution in [1.82, 2.24) is 15.3 Å². The number of hydrogen-bond acceptors (Lipinski definition) is 6. The van der Waals surface area contributed by atoms with Gasteiger partial charge >= 0.3 is 5.97 Å². The summed E-state index contributed by atoms with van der Waals surface area (Å²) in [5.74, 6) is 1.08. The molecule has 1 aromatic heterocycles. The van der Waals surface area contributed by atoms with E-state index in [0.29, 0.717) is 6.54 Å². The first-order valence-corrected chi connectivity index (χ1v) is 8.98. The molecule has 4 rings (SSSR count). The fourth-order valence-electron chi connectivity index (χ4n) is 4.52. The summed E-state index contributed by atoms with van der Waals surface area (Å²) in [5, 5.41) is 13.4. The van der Waals surface area contributed by atoms with Crippen LogP contribution in [0.25, 0.3) is 0 Å². The van der Waals surface area contributed by atoms with Crippen LogP contribution in [0.3, 0.4) is 0 Å². The number of nitrogens with one attached hydrogen (secondary N) is 1. The summed E-state index contributed by atoms with van der Waals surface area (Å²) in [7, 11) is 0. The monoisotopic (exact) mass is 331 g/mol. The van der Waals surface area contributed by atoms with Crippen LogP contribution in [0.15, 0.2) is 12.4 Å². The average molecular weight is 331 g/mol. The molecule has 3 saturated heterocycles. The first-order valence-electron chi connectivity index (χ1n) is 8.98. The molecular weight excluding hydrogens is 306 g/mol. The van der Waals surface area contributed by atoms with Gasteiger partial charge in [0.05, 0.1) is 0 Å². The lowest BCUT2D eigenvalue weighted by atomic mass is 9.70. The van der Waals surface area contributed by atoms with Crippen molar-refractivity contribution in [3.63, 3.8) is 0 Å². The Hall–Kier alpha value is -1.89. The summed E-state index contributed by atoms with van der Waals surface area (Å²) >= 11 is 0. The predicted molar refractivity (Wildman–Crippen MR) is 91.4 cm³/mol. The van der Waals surface area contributed by atoms with E-state index in [1.807, 2.05) is 0 Å². The normalized spacial score (nSPS) is 30.2. The summed E-state index contributed by atoms with van der Waals surface area (Å²) in [6, 6.07) is 0.0620. The number of carboxylic acids is 1. The maximum atomic E-state index is 12.1. The average Bonchev–Trinajstić information content (AvgIpc) is 3.15. The Morgan fingerprint density at radius 3 is 2.54 bits per heavy atom. The molecule has 0 spiro atoms. The SMILES string of the molecule is O=C(O)[C@]12CCCN[C@@H]1CCN(c1nccnc1N1CCCC1)C2. The van der Waals surface area contributed by atoms with Crippen LogP contribution >= 0.6 is 0 Å². The van der Waals surface area contributed by atoms with Crippen molar-refractivity contribution in [3.05, 3.63) is 12.4 Å². The number of carbonyl (C=O) groups is 1. The van der Waals surface area contributed by atoms with E-state index in [2.05, 4.69) is 25.1 Å². The maximum absolute atomic E-state index is 12.1. The molecule has 3 fully saturated rings. The first kappa shape index (κ1) is 15.6. The van der Waals surface area contributed by atoms with Gasteiger partial charge in [0.1, 0.15) is 5.41 Å². The smallest absolute Gasteiger partial charge is 0.313 e. The number of anilines is 2. The molecule has 1 aromatic rings. The van der Waals surface area contributed by atoms with Crippen LogP contribution in [0.2, 0.25) is 0 Å². The number of aliphatic carboxylic acids is 1. The number of piperidine rings is 2. The van der Waals surface area contributed by atoms with Gasteiger partial charge in [0.25, 0.3) is 0 Å². The van der Waals surface area contributed by atoms with E-state index in [1.165, 1.54) is 12.8 Å². The van der Waals surface area contributed by atoms with Crippen molar-refractivity contribution in [1.29, 1.82) is 0 Å². The molecule has 0 aliphatic carbocycles. The van der Waals surface area contributed by atoms with Gasteiger partial charge in [0, 0.05) is 44.6 Å². The minimum Gasteiger partial charge on any atom is -0.481 e. The molecule has 3 aliphatic rings. The molecule has 24 heavy (non-hydrogen) atoms. The van der Waals surface area contributed by atoms with E-state index in [0.717, 1.165) is 57.1 Å². The van der Waals surface area contributed by atoms with Crippen molar-refractivity contribution < 1.29 is 9.90 Å². The van der Waals surface area contributed by atoms with Crippen LogP contribution in [-0.2, 0) is 4.79 Å². The molecule has 3 aliphatic heterocycles. The molecule has 0 saturated carbocycles. The second-order valence-corrected chi connectivity index (χ2v) is 7.18. The summed E-state index contributed by atoms with van der Waals surface area (Å²) in [4.78, 5) is 25.7. The highest BCUT2D eigenvalue weighted by Crippen LogP contribution is 2.40. The molecule has 0 radical (unpaired) electrons. The second-order valence-electron chi connectivity index (χ2n) is 7.18. The van der Waals surface area contributed by atoms with Gasteiger partial charge in [-0.15, -0.1) is 0 Å². The Bertz CT molecular complexity index is 619. The standard InChI is InChI=1S/C17H25N5O2/c23-16(24)17-5-3-6-18-13(17)4-11-22(12-17)15-14(19-7-8-20-15)21-9-1-2-10-21/h7-8,13,18H,1-6,9-12H2,(H,23,24)/t13-,17+/m1/s1. The lowest BCUT2D eigenvalue weighted by molar-refractivity contribution is -0.153. The van der Waals surface area contributed by atoms with Gasteiger partial charge in [-0.3, -0.25) is 4.79 Å². The van der Waals surface area contributed by atoms with E-state index in [1.54, 1.807) is 12.4 Å². The number of carboxylic acid groups (broad SMARTS) is 1. The topological polar surface area (TPSA) is 81.6 Å². The van der Waals surface area contributed by atoms with Crippen LogP contribution in [0.5, 0.6) is 0 Å². The molecule has 2 atom stereocenters. The summed E-state index contributed by atoms with van der Waals surface area (Å²) < 4.78 is 0. The van der Waals surface area contributed by atoms with Gasteiger partial charge in [-0.1, -0.05) is 0 Å². The number of fused-ring (bicyclic) bond motifs is 1. The molecular formula is C17H25N5O2. The fourth-order valence-corrected chi connectivity index (χ4v) is 4.52. The summed E-state index contributed by atoms with van der Waals surface area (Å²) in [6.07, 6.45) is 8.29. The van der Waals surface area contributed by atoms with Gasteiger partial charge in [0.15, 0.2) is 11.6 Å².